The number of nitrogens with zero attached hydrogens (tertiary/aromatic N) is 1. The van der Waals surface area contributed by atoms with Crippen LogP contribution in [0.4, 0.5) is 11.4 Å². The lowest BCUT2D eigenvalue weighted by Crippen LogP contribution is -2.20. The zero-order valence-electron chi connectivity index (χ0n) is 17.8. The number of benzene rings is 3. The Morgan fingerprint density at radius 3 is 2.36 bits per heavy atom. The van der Waals surface area contributed by atoms with Crippen molar-refractivity contribution in [1.29, 1.82) is 5.41 Å². The van der Waals surface area contributed by atoms with Gasteiger partial charge in [0.15, 0.2) is 9.84 Å². The van der Waals surface area contributed by atoms with Gasteiger partial charge in [0.2, 0.25) is 0 Å². The fourth-order valence-corrected chi connectivity index (χ4v) is 4.45. The highest BCUT2D eigenvalue weighted by atomic mass is 32.2. The highest BCUT2D eigenvalue weighted by Gasteiger charge is 2.14. The summed E-state index contributed by atoms with van der Waals surface area (Å²) in [5, 5.41) is 10.7. The van der Waals surface area contributed by atoms with Gasteiger partial charge in [-0.2, -0.15) is 0 Å². The number of hydrogen-bond donors (Lipinski definition) is 3. The van der Waals surface area contributed by atoms with Crippen LogP contribution in [-0.2, 0) is 9.84 Å². The first-order chi connectivity index (χ1) is 15.7. The van der Waals surface area contributed by atoms with Crippen LogP contribution in [0.25, 0.3) is 16.8 Å². The van der Waals surface area contributed by atoms with Crippen LogP contribution >= 0.6 is 0 Å². The molecule has 0 unspecified atom stereocenters. The van der Waals surface area contributed by atoms with Crippen molar-refractivity contribution in [2.75, 3.05) is 11.6 Å². The molecule has 1 heterocycles. The predicted molar refractivity (Wildman–Crippen MR) is 131 cm³/mol. The van der Waals surface area contributed by atoms with Crippen molar-refractivity contribution in [2.24, 2.45) is 5.73 Å². The van der Waals surface area contributed by atoms with Crippen molar-refractivity contribution < 1.29 is 8.42 Å². The van der Waals surface area contributed by atoms with E-state index in [1.165, 1.54) is 10.8 Å². The van der Waals surface area contributed by atoms with E-state index < -0.39 is 9.84 Å². The normalized spacial score (nSPS) is 11.2. The minimum atomic E-state index is -3.38. The van der Waals surface area contributed by atoms with E-state index in [0.717, 1.165) is 5.56 Å². The molecule has 0 saturated heterocycles. The number of sulfone groups is 1. The zero-order valence-corrected chi connectivity index (χ0v) is 18.6. The van der Waals surface area contributed by atoms with Gasteiger partial charge in [-0.15, -0.1) is 0 Å². The minimum absolute atomic E-state index is 0.0540. The van der Waals surface area contributed by atoms with E-state index in [1.807, 2.05) is 0 Å². The molecule has 0 saturated carbocycles. The van der Waals surface area contributed by atoms with Crippen LogP contribution in [0, 0.1) is 5.41 Å². The lowest BCUT2D eigenvalue weighted by atomic mass is 10.1. The van der Waals surface area contributed by atoms with Crippen molar-refractivity contribution in [2.45, 2.75) is 4.90 Å². The number of nitrogens with two attached hydrogens (primary N) is 1. The molecule has 8 heteroatoms. The average Bonchev–Trinajstić information content (AvgIpc) is 2.80. The molecule has 0 bridgehead atoms. The standard InChI is InChI=1S/C25H22N4O3S/c1-33(31,32)23-10-3-2-8-21(23)17-11-13-20(14-12-17)29-15-5-9-22(25(29)30)28-19-7-4-6-18(16-19)24(26)27/h2-16,28H,1H3,(H3,26,27). The summed E-state index contributed by atoms with van der Waals surface area (Å²) in [4.78, 5) is 13.3. The van der Waals surface area contributed by atoms with Gasteiger partial charge in [-0.05, 0) is 48.0 Å². The molecular formula is C25H22N4O3S. The number of nitrogen functional groups attached to an aromatic ring is 1. The van der Waals surface area contributed by atoms with Crippen molar-refractivity contribution in [3.8, 4) is 16.8 Å². The van der Waals surface area contributed by atoms with Gasteiger partial charge in [-0.25, -0.2) is 8.42 Å². The fraction of sp³-hybridized carbons (Fsp3) is 0.0400. The number of amidine groups is 1. The quantitative estimate of drug-likeness (QED) is 0.299. The number of pyridine rings is 1. The number of anilines is 2. The number of rotatable bonds is 6. The Bertz CT molecular complexity index is 1510. The summed E-state index contributed by atoms with van der Waals surface area (Å²) in [6, 6.07) is 24.4. The first-order valence-electron chi connectivity index (χ1n) is 10.1. The first-order valence-corrected chi connectivity index (χ1v) is 12.0. The molecule has 3 aromatic carbocycles. The molecule has 1 aromatic heterocycles. The van der Waals surface area contributed by atoms with Crippen LogP contribution in [0.2, 0.25) is 0 Å². The van der Waals surface area contributed by atoms with E-state index in [9.17, 15) is 13.2 Å². The number of aromatic nitrogens is 1. The molecule has 4 aromatic rings. The van der Waals surface area contributed by atoms with Gasteiger partial charge in [-0.3, -0.25) is 14.8 Å². The SMILES string of the molecule is CS(=O)(=O)c1ccccc1-c1ccc(-n2cccc(Nc3cccc(C(=N)N)c3)c2=O)cc1. The smallest absolute Gasteiger partial charge is 0.278 e. The molecule has 4 rings (SSSR count). The van der Waals surface area contributed by atoms with Gasteiger partial charge in [0, 0.05) is 35.0 Å². The van der Waals surface area contributed by atoms with Crippen molar-refractivity contribution in [1.82, 2.24) is 4.57 Å². The second-order valence-electron chi connectivity index (χ2n) is 7.53. The van der Waals surface area contributed by atoms with E-state index in [2.05, 4.69) is 5.32 Å². The highest BCUT2D eigenvalue weighted by molar-refractivity contribution is 7.90. The minimum Gasteiger partial charge on any atom is -0.384 e. The lowest BCUT2D eigenvalue weighted by Gasteiger charge is -2.12. The topological polar surface area (TPSA) is 118 Å². The third kappa shape index (κ3) is 4.70. The van der Waals surface area contributed by atoms with Crippen molar-refractivity contribution >= 4 is 27.0 Å². The summed E-state index contributed by atoms with van der Waals surface area (Å²) in [7, 11) is -3.38. The molecule has 0 spiro atoms. The average molecular weight is 459 g/mol. The van der Waals surface area contributed by atoms with E-state index in [4.69, 9.17) is 11.1 Å². The van der Waals surface area contributed by atoms with Crippen LogP contribution in [0.5, 0.6) is 0 Å². The first kappa shape index (κ1) is 22.0. The van der Waals surface area contributed by atoms with Gasteiger partial charge in [0.1, 0.15) is 11.5 Å². The molecular weight excluding hydrogens is 436 g/mol. The molecule has 166 valence electrons. The molecule has 7 nitrogen and oxygen atoms in total. The van der Waals surface area contributed by atoms with Crippen LogP contribution in [-0.4, -0.2) is 25.1 Å². The zero-order chi connectivity index (χ0) is 23.6. The van der Waals surface area contributed by atoms with E-state index in [1.54, 1.807) is 91.1 Å². The molecule has 4 N–H and O–H groups in total. The third-order valence-corrected chi connectivity index (χ3v) is 6.30. The Hall–Kier alpha value is -4.17. The molecule has 0 radical (unpaired) electrons. The second kappa shape index (κ2) is 8.76. The summed E-state index contributed by atoms with van der Waals surface area (Å²) >= 11 is 0. The maximum absolute atomic E-state index is 13.1. The molecule has 0 aliphatic heterocycles. The number of nitrogens with one attached hydrogen (secondary N) is 2. The van der Waals surface area contributed by atoms with Crippen LogP contribution < -0.4 is 16.6 Å². The Labute approximate surface area is 191 Å². The molecule has 0 atom stereocenters. The molecule has 0 aliphatic rings. The van der Waals surface area contributed by atoms with Crippen molar-refractivity contribution in [3.05, 3.63) is 107 Å². The number of hydrogen-bond acceptors (Lipinski definition) is 5. The molecule has 33 heavy (non-hydrogen) atoms. The Balaban J connectivity index is 1.67. The fourth-order valence-electron chi connectivity index (χ4n) is 3.54. The maximum Gasteiger partial charge on any atom is 0.278 e. The summed E-state index contributed by atoms with van der Waals surface area (Å²) in [5.41, 5.74) is 8.85. The van der Waals surface area contributed by atoms with E-state index in [-0.39, 0.29) is 16.3 Å². The van der Waals surface area contributed by atoms with E-state index in [0.29, 0.717) is 28.2 Å². The molecule has 0 fully saturated rings. The summed E-state index contributed by atoms with van der Waals surface area (Å²) in [6.45, 7) is 0. The Morgan fingerprint density at radius 1 is 0.939 bits per heavy atom. The van der Waals surface area contributed by atoms with Gasteiger partial charge in [-0.1, -0.05) is 42.5 Å². The highest BCUT2D eigenvalue weighted by Crippen LogP contribution is 2.28. The molecule has 0 amide bonds. The van der Waals surface area contributed by atoms with Gasteiger partial charge in [0.05, 0.1) is 4.90 Å². The molecule has 0 aliphatic carbocycles. The second-order valence-corrected chi connectivity index (χ2v) is 9.52. The van der Waals surface area contributed by atoms with Gasteiger partial charge >= 0.3 is 0 Å². The Morgan fingerprint density at radius 2 is 1.67 bits per heavy atom. The monoisotopic (exact) mass is 458 g/mol. The van der Waals surface area contributed by atoms with Crippen LogP contribution in [0.15, 0.2) is 101 Å². The van der Waals surface area contributed by atoms with Gasteiger partial charge < -0.3 is 11.1 Å². The van der Waals surface area contributed by atoms with Gasteiger partial charge in [0.25, 0.3) is 5.56 Å². The maximum atomic E-state index is 13.1. The summed E-state index contributed by atoms with van der Waals surface area (Å²) in [5.74, 6) is -0.0540. The summed E-state index contributed by atoms with van der Waals surface area (Å²) < 4.78 is 25.8. The van der Waals surface area contributed by atoms with E-state index >= 15 is 0 Å². The van der Waals surface area contributed by atoms with Crippen LogP contribution in [0.3, 0.4) is 0 Å². The van der Waals surface area contributed by atoms with Crippen LogP contribution in [0.1, 0.15) is 5.56 Å². The predicted octanol–water partition coefficient (Wildman–Crippen LogP) is 3.94. The third-order valence-electron chi connectivity index (χ3n) is 5.14. The van der Waals surface area contributed by atoms with Crippen molar-refractivity contribution in [3.63, 3.8) is 0 Å². The lowest BCUT2D eigenvalue weighted by molar-refractivity contribution is 0.602. The Kier molecular flexibility index (Phi) is 5.85. The summed E-state index contributed by atoms with van der Waals surface area (Å²) in [6.07, 6.45) is 2.85. The largest absolute Gasteiger partial charge is 0.384 e.